The van der Waals surface area contributed by atoms with Gasteiger partial charge in [-0.05, 0) is 36.4 Å². The van der Waals surface area contributed by atoms with Gasteiger partial charge in [0.05, 0.1) is 7.11 Å². The normalized spacial score (nSPS) is 10.3. The summed E-state index contributed by atoms with van der Waals surface area (Å²) in [5.41, 5.74) is 1.25. The van der Waals surface area contributed by atoms with Crippen LogP contribution in [0.1, 0.15) is 12.5 Å². The van der Waals surface area contributed by atoms with Gasteiger partial charge >= 0.3 is 0 Å². The van der Waals surface area contributed by atoms with Crippen molar-refractivity contribution >= 4 is 0 Å². The van der Waals surface area contributed by atoms with Gasteiger partial charge in [-0.25, -0.2) is 0 Å². The van der Waals surface area contributed by atoms with Crippen LogP contribution in [0.15, 0.2) is 48.5 Å². The van der Waals surface area contributed by atoms with E-state index in [1.807, 2.05) is 36.4 Å². The summed E-state index contributed by atoms with van der Waals surface area (Å²) in [5, 5.41) is 3.29. The minimum Gasteiger partial charge on any atom is -0.493 e. The van der Waals surface area contributed by atoms with Gasteiger partial charge in [-0.15, -0.1) is 0 Å². The molecule has 0 heterocycles. The third kappa shape index (κ3) is 4.97. The Morgan fingerprint density at radius 2 is 1.55 bits per heavy atom. The highest BCUT2D eigenvalue weighted by Crippen LogP contribution is 2.25. The minimum atomic E-state index is 0.472. The van der Waals surface area contributed by atoms with Crippen molar-refractivity contribution in [2.24, 2.45) is 0 Å². The van der Waals surface area contributed by atoms with E-state index >= 15 is 0 Å². The molecule has 0 atom stereocenters. The summed E-state index contributed by atoms with van der Waals surface area (Å²) in [7, 11) is 1.63. The molecule has 0 unspecified atom stereocenters. The number of ether oxygens (including phenoxy) is 3. The quantitative estimate of drug-likeness (QED) is 0.722. The van der Waals surface area contributed by atoms with E-state index in [0.29, 0.717) is 13.2 Å². The zero-order valence-electron chi connectivity index (χ0n) is 13.2. The smallest absolute Gasteiger partial charge is 0.161 e. The van der Waals surface area contributed by atoms with Crippen LogP contribution in [-0.4, -0.2) is 26.9 Å². The van der Waals surface area contributed by atoms with Crippen LogP contribution < -0.4 is 19.5 Å². The Hall–Kier alpha value is -2.20. The van der Waals surface area contributed by atoms with Crippen molar-refractivity contribution in [2.45, 2.75) is 13.5 Å². The fourth-order valence-electron chi connectivity index (χ4n) is 2.02. The molecule has 2 aromatic rings. The van der Waals surface area contributed by atoms with Gasteiger partial charge in [0.1, 0.15) is 19.0 Å². The van der Waals surface area contributed by atoms with Crippen LogP contribution in [-0.2, 0) is 6.54 Å². The first kappa shape index (κ1) is 16.2. The van der Waals surface area contributed by atoms with E-state index in [1.54, 1.807) is 7.11 Å². The molecule has 0 aliphatic rings. The average molecular weight is 301 g/mol. The van der Waals surface area contributed by atoms with E-state index in [4.69, 9.17) is 14.2 Å². The molecule has 0 spiro atoms. The number of hydrogen-bond acceptors (Lipinski definition) is 4. The summed E-state index contributed by atoms with van der Waals surface area (Å²) in [4.78, 5) is 0. The fourth-order valence-corrected chi connectivity index (χ4v) is 2.02. The number of hydrogen-bond donors (Lipinski definition) is 1. The Balaban J connectivity index is 1.74. The van der Waals surface area contributed by atoms with Gasteiger partial charge in [-0.3, -0.25) is 0 Å². The molecule has 118 valence electrons. The molecule has 4 heteroatoms. The molecular formula is C18H23NO3. The first-order valence-electron chi connectivity index (χ1n) is 7.51. The second-order valence-electron chi connectivity index (χ2n) is 4.77. The molecule has 0 amide bonds. The summed E-state index contributed by atoms with van der Waals surface area (Å²) in [6, 6.07) is 15.7. The van der Waals surface area contributed by atoms with Gasteiger partial charge in [0.2, 0.25) is 0 Å². The lowest BCUT2D eigenvalue weighted by atomic mass is 10.2. The Labute approximate surface area is 132 Å². The zero-order valence-corrected chi connectivity index (χ0v) is 13.2. The topological polar surface area (TPSA) is 39.7 Å². The van der Waals surface area contributed by atoms with Gasteiger partial charge in [0.25, 0.3) is 0 Å². The number of benzene rings is 2. The summed E-state index contributed by atoms with van der Waals surface area (Å²) >= 11 is 0. The lowest BCUT2D eigenvalue weighted by Gasteiger charge is -2.11. The van der Waals surface area contributed by atoms with Crippen molar-refractivity contribution in [3.63, 3.8) is 0 Å². The maximum atomic E-state index is 5.67. The molecule has 0 aliphatic carbocycles. The van der Waals surface area contributed by atoms with Crippen molar-refractivity contribution in [1.82, 2.24) is 5.32 Å². The third-order valence-electron chi connectivity index (χ3n) is 3.18. The van der Waals surface area contributed by atoms with Crippen molar-refractivity contribution in [3.8, 4) is 17.2 Å². The Morgan fingerprint density at radius 3 is 2.23 bits per heavy atom. The molecule has 1 N–H and O–H groups in total. The van der Waals surface area contributed by atoms with Crippen molar-refractivity contribution in [2.75, 3.05) is 26.9 Å². The van der Waals surface area contributed by atoms with E-state index in [9.17, 15) is 0 Å². The maximum absolute atomic E-state index is 5.67. The standard InChI is InChI=1S/C18H23NO3/c1-3-19-14-15-8-10-16(11-9-15)21-12-13-22-18-7-5-4-6-17(18)20-2/h4-11,19H,3,12-14H2,1-2H3. The first-order valence-corrected chi connectivity index (χ1v) is 7.51. The summed E-state index contributed by atoms with van der Waals surface area (Å²) in [5.74, 6) is 2.31. The van der Waals surface area contributed by atoms with Gasteiger partial charge in [0.15, 0.2) is 11.5 Å². The zero-order chi connectivity index (χ0) is 15.6. The van der Waals surface area contributed by atoms with E-state index in [-0.39, 0.29) is 0 Å². The monoisotopic (exact) mass is 301 g/mol. The van der Waals surface area contributed by atoms with E-state index in [2.05, 4.69) is 24.4 Å². The summed E-state index contributed by atoms with van der Waals surface area (Å²) in [6.07, 6.45) is 0. The molecule has 22 heavy (non-hydrogen) atoms. The second kappa shape index (κ2) is 8.95. The highest BCUT2D eigenvalue weighted by atomic mass is 16.5. The lowest BCUT2D eigenvalue weighted by molar-refractivity contribution is 0.211. The first-order chi connectivity index (χ1) is 10.8. The predicted molar refractivity (Wildman–Crippen MR) is 87.8 cm³/mol. The van der Waals surface area contributed by atoms with Gasteiger partial charge < -0.3 is 19.5 Å². The van der Waals surface area contributed by atoms with Crippen LogP contribution in [0.25, 0.3) is 0 Å². The Morgan fingerprint density at radius 1 is 0.864 bits per heavy atom. The summed E-state index contributed by atoms with van der Waals surface area (Å²) in [6.45, 7) is 4.91. The number of rotatable bonds is 9. The van der Waals surface area contributed by atoms with Crippen LogP contribution in [0.4, 0.5) is 0 Å². The maximum Gasteiger partial charge on any atom is 0.161 e. The number of para-hydroxylation sites is 2. The molecule has 2 rings (SSSR count). The largest absolute Gasteiger partial charge is 0.493 e. The minimum absolute atomic E-state index is 0.472. The van der Waals surface area contributed by atoms with E-state index in [0.717, 1.165) is 30.3 Å². The SMILES string of the molecule is CCNCc1ccc(OCCOc2ccccc2OC)cc1. The molecule has 2 aromatic carbocycles. The molecular weight excluding hydrogens is 278 g/mol. The van der Waals surface area contributed by atoms with E-state index < -0.39 is 0 Å². The molecule has 0 saturated carbocycles. The van der Waals surface area contributed by atoms with Crippen LogP contribution in [0, 0.1) is 0 Å². The molecule has 0 saturated heterocycles. The van der Waals surface area contributed by atoms with Crippen molar-refractivity contribution in [3.05, 3.63) is 54.1 Å². The fraction of sp³-hybridized carbons (Fsp3) is 0.333. The Kier molecular flexibility index (Phi) is 6.58. The van der Waals surface area contributed by atoms with Gasteiger partial charge in [-0.2, -0.15) is 0 Å². The molecule has 0 radical (unpaired) electrons. The number of methoxy groups -OCH3 is 1. The Bertz CT molecular complexity index is 555. The molecule has 0 aromatic heterocycles. The van der Waals surface area contributed by atoms with Crippen LogP contribution in [0.5, 0.6) is 17.2 Å². The van der Waals surface area contributed by atoms with Crippen LogP contribution >= 0.6 is 0 Å². The lowest BCUT2D eigenvalue weighted by Crippen LogP contribution is -2.12. The van der Waals surface area contributed by atoms with Crippen LogP contribution in [0.3, 0.4) is 0 Å². The van der Waals surface area contributed by atoms with Crippen molar-refractivity contribution < 1.29 is 14.2 Å². The van der Waals surface area contributed by atoms with Gasteiger partial charge in [-0.1, -0.05) is 31.2 Å². The predicted octanol–water partition coefficient (Wildman–Crippen LogP) is 3.26. The third-order valence-corrected chi connectivity index (χ3v) is 3.18. The molecule has 0 bridgehead atoms. The highest BCUT2D eigenvalue weighted by Gasteiger charge is 2.02. The van der Waals surface area contributed by atoms with Gasteiger partial charge in [0, 0.05) is 6.54 Å². The van der Waals surface area contributed by atoms with Crippen molar-refractivity contribution in [1.29, 1.82) is 0 Å². The summed E-state index contributed by atoms with van der Waals surface area (Å²) < 4.78 is 16.6. The van der Waals surface area contributed by atoms with E-state index in [1.165, 1.54) is 5.56 Å². The molecule has 4 nitrogen and oxygen atoms in total. The van der Waals surface area contributed by atoms with Crippen LogP contribution in [0.2, 0.25) is 0 Å². The molecule has 0 aliphatic heterocycles. The average Bonchev–Trinajstić information content (AvgIpc) is 2.58. The number of nitrogens with one attached hydrogen (secondary N) is 1. The molecule has 0 fully saturated rings. The highest BCUT2D eigenvalue weighted by molar-refractivity contribution is 5.39. The second-order valence-corrected chi connectivity index (χ2v) is 4.77.